The quantitative estimate of drug-likeness (QED) is 0.308. The van der Waals surface area contributed by atoms with Gasteiger partial charge in [-0.05, 0) is 42.1 Å². The summed E-state index contributed by atoms with van der Waals surface area (Å²) < 4.78 is 12.7. The van der Waals surface area contributed by atoms with Gasteiger partial charge in [0.15, 0.2) is 11.0 Å². The molecule has 0 saturated carbocycles. The van der Waals surface area contributed by atoms with Crippen molar-refractivity contribution in [3.8, 4) is 23.2 Å². The van der Waals surface area contributed by atoms with E-state index in [2.05, 4.69) is 10.2 Å². The number of hydrogen-bond acceptors (Lipinski definition) is 8. The zero-order chi connectivity index (χ0) is 21.8. The normalized spacial score (nSPS) is 10.6. The van der Waals surface area contributed by atoms with Gasteiger partial charge in [0.05, 0.1) is 30.4 Å². The van der Waals surface area contributed by atoms with Crippen LogP contribution < -0.4 is 4.74 Å². The first-order valence-corrected chi connectivity index (χ1v) is 9.87. The van der Waals surface area contributed by atoms with Crippen molar-refractivity contribution < 1.29 is 14.1 Å². The predicted molar refractivity (Wildman–Crippen MR) is 112 cm³/mol. The third-order valence-corrected chi connectivity index (χ3v) is 5.50. The smallest absolute Gasteiger partial charge is 0.270 e. The van der Waals surface area contributed by atoms with E-state index in [1.165, 1.54) is 23.9 Å². The van der Waals surface area contributed by atoms with E-state index in [9.17, 15) is 15.4 Å². The summed E-state index contributed by atoms with van der Waals surface area (Å²) in [6.45, 7) is 0.365. The van der Waals surface area contributed by atoms with Crippen LogP contribution in [0.3, 0.4) is 0 Å². The summed E-state index contributed by atoms with van der Waals surface area (Å²) in [4.78, 5) is 11.0. The molecule has 0 bridgehead atoms. The molecule has 2 aromatic carbocycles. The lowest BCUT2D eigenvalue weighted by Crippen LogP contribution is -2.03. The van der Waals surface area contributed by atoms with Crippen LogP contribution in [0, 0.1) is 21.4 Å². The fourth-order valence-electron chi connectivity index (χ4n) is 2.95. The Bertz CT molecular complexity index is 1280. The second kappa shape index (κ2) is 8.73. The van der Waals surface area contributed by atoms with Crippen LogP contribution in [0.5, 0.6) is 5.75 Å². The van der Waals surface area contributed by atoms with Crippen molar-refractivity contribution in [3.05, 3.63) is 82.3 Å². The van der Waals surface area contributed by atoms with Gasteiger partial charge in [-0.25, -0.2) is 0 Å². The maximum Gasteiger partial charge on any atom is 0.270 e. The molecule has 0 aliphatic heterocycles. The summed E-state index contributed by atoms with van der Waals surface area (Å²) >= 11 is 1.20. The van der Waals surface area contributed by atoms with Crippen LogP contribution in [0.15, 0.2) is 75.3 Å². The number of aromatic nitrogens is 3. The van der Waals surface area contributed by atoms with E-state index in [0.717, 1.165) is 5.56 Å². The van der Waals surface area contributed by atoms with Crippen molar-refractivity contribution in [1.82, 2.24) is 14.8 Å². The fraction of sp³-hybridized carbons (Fsp3) is 0.0952. The average Bonchev–Trinajstić information content (AvgIpc) is 3.44. The summed E-state index contributed by atoms with van der Waals surface area (Å²) in [6.07, 6.45) is 1.59. The minimum absolute atomic E-state index is 0.143. The number of nitrogens with zero attached hydrogens (tertiary/aromatic N) is 5. The number of rotatable bonds is 7. The number of hydrogen-bond donors (Lipinski definition) is 0. The molecule has 10 heteroatoms. The van der Waals surface area contributed by atoms with Gasteiger partial charge in [0.1, 0.15) is 17.6 Å². The van der Waals surface area contributed by atoms with Gasteiger partial charge in [-0.1, -0.05) is 12.1 Å². The summed E-state index contributed by atoms with van der Waals surface area (Å²) in [5.74, 6) is 1.98. The van der Waals surface area contributed by atoms with Crippen LogP contribution in [0.25, 0.3) is 11.4 Å². The van der Waals surface area contributed by atoms with Gasteiger partial charge >= 0.3 is 0 Å². The molecule has 2 aromatic heterocycles. The van der Waals surface area contributed by atoms with Crippen molar-refractivity contribution >= 4 is 17.4 Å². The second-order valence-corrected chi connectivity index (χ2v) is 7.36. The molecule has 0 unspecified atom stereocenters. The number of nitriles is 1. The highest BCUT2D eigenvalue weighted by atomic mass is 32.2. The summed E-state index contributed by atoms with van der Waals surface area (Å²) in [5, 5.41) is 29.7. The lowest BCUT2D eigenvalue weighted by molar-refractivity contribution is -0.384. The van der Waals surface area contributed by atoms with E-state index < -0.39 is 4.92 Å². The van der Waals surface area contributed by atoms with Gasteiger partial charge in [0.25, 0.3) is 5.69 Å². The number of furan rings is 1. The molecule has 0 fully saturated rings. The van der Waals surface area contributed by atoms with Gasteiger partial charge < -0.3 is 9.15 Å². The Morgan fingerprint density at radius 2 is 2.10 bits per heavy atom. The minimum atomic E-state index is -0.532. The van der Waals surface area contributed by atoms with E-state index in [1.807, 2.05) is 41.0 Å². The number of benzene rings is 2. The highest BCUT2D eigenvalue weighted by molar-refractivity contribution is 7.99. The second-order valence-electron chi connectivity index (χ2n) is 6.36. The van der Waals surface area contributed by atoms with E-state index in [-0.39, 0.29) is 11.3 Å². The zero-order valence-corrected chi connectivity index (χ0v) is 17.1. The Hall–Kier alpha value is -4.10. The maximum atomic E-state index is 11.0. The summed E-state index contributed by atoms with van der Waals surface area (Å²) in [7, 11) is 1.59. The molecule has 0 atom stereocenters. The topological polar surface area (TPSA) is 120 Å². The Balaban J connectivity index is 1.77. The van der Waals surface area contributed by atoms with Gasteiger partial charge in [0.2, 0.25) is 0 Å². The van der Waals surface area contributed by atoms with Crippen LogP contribution >= 0.6 is 11.8 Å². The number of non-ortho nitro benzene ring substituents is 1. The van der Waals surface area contributed by atoms with Crippen molar-refractivity contribution in [2.45, 2.75) is 16.6 Å². The number of methoxy groups -OCH3 is 1. The molecule has 0 saturated heterocycles. The third kappa shape index (κ3) is 4.26. The first kappa shape index (κ1) is 20.2. The predicted octanol–water partition coefficient (Wildman–Crippen LogP) is 4.53. The Labute approximate surface area is 181 Å². The van der Waals surface area contributed by atoms with Gasteiger partial charge in [-0.2, -0.15) is 5.26 Å². The van der Waals surface area contributed by atoms with Crippen LogP contribution in [0.4, 0.5) is 5.69 Å². The third-order valence-electron chi connectivity index (χ3n) is 4.43. The van der Waals surface area contributed by atoms with E-state index in [0.29, 0.717) is 33.9 Å². The molecule has 0 amide bonds. The SMILES string of the molecule is COc1cccc(-c2nnc(Sc3ccc([N+](=O)[O-])cc3C#N)n2Cc2ccco2)c1. The Morgan fingerprint density at radius 1 is 1.23 bits per heavy atom. The van der Waals surface area contributed by atoms with Gasteiger partial charge in [-0.3, -0.25) is 14.7 Å². The minimum Gasteiger partial charge on any atom is -0.497 e. The molecular weight excluding hydrogens is 418 g/mol. The number of nitro groups is 1. The number of nitro benzene ring substituents is 1. The monoisotopic (exact) mass is 433 g/mol. The first-order chi connectivity index (χ1) is 15.1. The molecule has 0 spiro atoms. The largest absolute Gasteiger partial charge is 0.497 e. The molecule has 0 aliphatic carbocycles. The van der Waals surface area contributed by atoms with E-state index in [1.54, 1.807) is 25.5 Å². The van der Waals surface area contributed by atoms with Crippen molar-refractivity contribution in [2.75, 3.05) is 7.11 Å². The molecule has 4 aromatic rings. The lowest BCUT2D eigenvalue weighted by atomic mass is 10.2. The number of ether oxygens (including phenoxy) is 1. The molecule has 2 heterocycles. The van der Waals surface area contributed by atoms with E-state index >= 15 is 0 Å². The summed E-state index contributed by atoms with van der Waals surface area (Å²) in [5.41, 5.74) is 0.846. The lowest BCUT2D eigenvalue weighted by Gasteiger charge is -2.10. The average molecular weight is 433 g/mol. The van der Waals surface area contributed by atoms with Crippen LogP contribution in [0.1, 0.15) is 11.3 Å². The van der Waals surface area contributed by atoms with Gasteiger partial charge in [-0.15, -0.1) is 10.2 Å². The fourth-order valence-corrected chi connectivity index (χ4v) is 3.84. The highest BCUT2D eigenvalue weighted by Crippen LogP contribution is 2.34. The maximum absolute atomic E-state index is 11.0. The highest BCUT2D eigenvalue weighted by Gasteiger charge is 2.19. The molecule has 4 rings (SSSR count). The van der Waals surface area contributed by atoms with Crippen molar-refractivity contribution in [3.63, 3.8) is 0 Å². The molecule has 154 valence electrons. The van der Waals surface area contributed by atoms with Crippen LogP contribution in [-0.2, 0) is 6.54 Å². The molecular formula is C21H15N5O4S. The zero-order valence-electron chi connectivity index (χ0n) is 16.3. The molecule has 0 aliphatic rings. The van der Waals surface area contributed by atoms with Crippen molar-refractivity contribution in [1.29, 1.82) is 5.26 Å². The van der Waals surface area contributed by atoms with Crippen LogP contribution in [0.2, 0.25) is 0 Å². The molecule has 9 nitrogen and oxygen atoms in total. The first-order valence-electron chi connectivity index (χ1n) is 9.05. The van der Waals surface area contributed by atoms with Gasteiger partial charge in [0, 0.05) is 22.6 Å². The standard InChI is InChI=1S/C21H15N5O4S/c1-29-17-5-2-4-14(11-17)20-23-24-21(25(20)13-18-6-3-9-30-18)31-19-8-7-16(26(27)28)10-15(19)12-22/h2-11H,13H2,1H3. The Morgan fingerprint density at radius 3 is 2.81 bits per heavy atom. The molecule has 31 heavy (non-hydrogen) atoms. The molecule has 0 N–H and O–H groups in total. The summed E-state index contributed by atoms with van der Waals surface area (Å²) in [6, 6.07) is 17.2. The van der Waals surface area contributed by atoms with E-state index in [4.69, 9.17) is 9.15 Å². The Kier molecular flexibility index (Phi) is 5.68. The van der Waals surface area contributed by atoms with Crippen LogP contribution in [-0.4, -0.2) is 26.8 Å². The molecule has 0 radical (unpaired) electrons. The van der Waals surface area contributed by atoms with Crippen molar-refractivity contribution in [2.24, 2.45) is 0 Å².